The average molecular weight is 203 g/mol. The van der Waals surface area contributed by atoms with Gasteiger partial charge in [0.05, 0.1) is 12.2 Å². The van der Waals surface area contributed by atoms with Gasteiger partial charge in [0.15, 0.2) is 0 Å². The van der Waals surface area contributed by atoms with E-state index in [0.29, 0.717) is 6.04 Å². The molecule has 0 aliphatic rings. The second-order valence-corrected chi connectivity index (χ2v) is 4.13. The third-order valence-electron chi connectivity index (χ3n) is 1.98. The third-order valence-corrected chi connectivity index (χ3v) is 1.98. The summed E-state index contributed by atoms with van der Waals surface area (Å²) in [6, 6.07) is 0.384. The van der Waals surface area contributed by atoms with Gasteiger partial charge in [-0.1, -0.05) is 0 Å². The summed E-state index contributed by atoms with van der Waals surface area (Å²) in [5.74, 6) is 0. The molecule has 0 aliphatic carbocycles. The van der Waals surface area contributed by atoms with Crippen molar-refractivity contribution < 1.29 is 9.47 Å². The van der Waals surface area contributed by atoms with Gasteiger partial charge in [-0.15, -0.1) is 0 Å². The van der Waals surface area contributed by atoms with E-state index < -0.39 is 0 Å². The number of rotatable bonds is 8. The molecule has 1 unspecified atom stereocenters. The van der Waals surface area contributed by atoms with Crippen LogP contribution in [0.15, 0.2) is 0 Å². The molecule has 0 saturated heterocycles. The lowest BCUT2D eigenvalue weighted by Crippen LogP contribution is -2.43. The maximum Gasteiger partial charge on any atom is 0.0750 e. The van der Waals surface area contributed by atoms with Crippen LogP contribution in [0.3, 0.4) is 0 Å². The molecule has 1 atom stereocenters. The number of ether oxygens (including phenoxy) is 2. The van der Waals surface area contributed by atoms with E-state index >= 15 is 0 Å². The van der Waals surface area contributed by atoms with E-state index in [2.05, 4.69) is 26.1 Å². The van der Waals surface area contributed by atoms with E-state index in [1.807, 2.05) is 13.8 Å². The van der Waals surface area contributed by atoms with Crippen molar-refractivity contribution in [1.82, 2.24) is 5.32 Å². The zero-order valence-corrected chi connectivity index (χ0v) is 10.2. The standard InChI is InChI=1S/C11H25NO2/c1-6-13-8-10(3)12-9-11(4,5)14-7-2/h10,12H,6-9H2,1-5H3. The van der Waals surface area contributed by atoms with Crippen LogP contribution in [-0.4, -0.2) is 38.0 Å². The minimum atomic E-state index is -0.0881. The highest BCUT2D eigenvalue weighted by Crippen LogP contribution is 2.07. The fourth-order valence-electron chi connectivity index (χ4n) is 1.22. The van der Waals surface area contributed by atoms with Crippen molar-refractivity contribution in [3.8, 4) is 0 Å². The van der Waals surface area contributed by atoms with Crippen LogP contribution in [0.5, 0.6) is 0 Å². The summed E-state index contributed by atoms with van der Waals surface area (Å²) in [6.45, 7) is 13.5. The molecule has 14 heavy (non-hydrogen) atoms. The molecular formula is C11H25NO2. The Balaban J connectivity index is 3.58. The quantitative estimate of drug-likeness (QED) is 0.652. The molecule has 3 nitrogen and oxygen atoms in total. The van der Waals surface area contributed by atoms with E-state index in [-0.39, 0.29) is 5.60 Å². The monoisotopic (exact) mass is 203 g/mol. The normalized spacial score (nSPS) is 14.4. The van der Waals surface area contributed by atoms with Crippen LogP contribution >= 0.6 is 0 Å². The molecule has 1 N–H and O–H groups in total. The highest BCUT2D eigenvalue weighted by molar-refractivity contribution is 4.74. The van der Waals surface area contributed by atoms with E-state index in [1.165, 1.54) is 0 Å². The minimum absolute atomic E-state index is 0.0881. The summed E-state index contributed by atoms with van der Waals surface area (Å²) in [4.78, 5) is 0. The van der Waals surface area contributed by atoms with Crippen molar-refractivity contribution in [3.05, 3.63) is 0 Å². The number of hydrogen-bond acceptors (Lipinski definition) is 3. The van der Waals surface area contributed by atoms with Crippen molar-refractivity contribution >= 4 is 0 Å². The van der Waals surface area contributed by atoms with Crippen molar-refractivity contribution in [1.29, 1.82) is 0 Å². The van der Waals surface area contributed by atoms with Gasteiger partial charge in [-0.3, -0.25) is 0 Å². The van der Waals surface area contributed by atoms with Crippen molar-refractivity contribution in [2.45, 2.75) is 46.3 Å². The minimum Gasteiger partial charge on any atom is -0.380 e. The molecule has 0 heterocycles. The topological polar surface area (TPSA) is 30.5 Å². The first-order chi connectivity index (χ1) is 6.52. The van der Waals surface area contributed by atoms with Crippen molar-refractivity contribution in [2.75, 3.05) is 26.4 Å². The number of hydrogen-bond donors (Lipinski definition) is 1. The Labute approximate surface area is 88.2 Å². The molecule has 0 radical (unpaired) electrons. The van der Waals surface area contributed by atoms with Gasteiger partial charge in [-0.05, 0) is 34.6 Å². The molecule has 86 valence electrons. The Morgan fingerprint density at radius 2 is 1.86 bits per heavy atom. The summed E-state index contributed by atoms with van der Waals surface area (Å²) < 4.78 is 10.9. The highest BCUT2D eigenvalue weighted by Gasteiger charge is 2.17. The first-order valence-corrected chi connectivity index (χ1v) is 5.47. The fraction of sp³-hybridized carbons (Fsp3) is 1.00. The van der Waals surface area contributed by atoms with Gasteiger partial charge in [0.1, 0.15) is 0 Å². The summed E-state index contributed by atoms with van der Waals surface area (Å²) >= 11 is 0. The molecular weight excluding hydrogens is 178 g/mol. The van der Waals surface area contributed by atoms with Gasteiger partial charge in [0.2, 0.25) is 0 Å². The van der Waals surface area contributed by atoms with Gasteiger partial charge in [0, 0.05) is 25.8 Å². The predicted molar refractivity (Wildman–Crippen MR) is 59.7 cm³/mol. The van der Waals surface area contributed by atoms with Crippen molar-refractivity contribution in [2.24, 2.45) is 0 Å². The maximum absolute atomic E-state index is 5.58. The van der Waals surface area contributed by atoms with Crippen LogP contribution in [-0.2, 0) is 9.47 Å². The lowest BCUT2D eigenvalue weighted by atomic mass is 10.1. The molecule has 0 fully saturated rings. The molecule has 0 aromatic rings. The van der Waals surface area contributed by atoms with Crippen LogP contribution in [0.4, 0.5) is 0 Å². The summed E-state index contributed by atoms with van der Waals surface area (Å²) in [5, 5.41) is 3.39. The first-order valence-electron chi connectivity index (χ1n) is 5.47. The zero-order valence-electron chi connectivity index (χ0n) is 10.2. The molecule has 0 rings (SSSR count). The van der Waals surface area contributed by atoms with Gasteiger partial charge >= 0.3 is 0 Å². The Morgan fingerprint density at radius 1 is 1.21 bits per heavy atom. The Kier molecular flexibility index (Phi) is 7.15. The molecule has 3 heteroatoms. The van der Waals surface area contributed by atoms with E-state index in [0.717, 1.165) is 26.4 Å². The molecule has 0 aromatic carbocycles. The fourth-order valence-corrected chi connectivity index (χ4v) is 1.22. The lowest BCUT2D eigenvalue weighted by molar-refractivity contribution is -0.0123. The molecule has 0 aliphatic heterocycles. The Hall–Kier alpha value is -0.120. The van der Waals surface area contributed by atoms with E-state index in [1.54, 1.807) is 0 Å². The van der Waals surface area contributed by atoms with Gasteiger partial charge < -0.3 is 14.8 Å². The molecule has 0 amide bonds. The highest BCUT2D eigenvalue weighted by atomic mass is 16.5. The van der Waals surface area contributed by atoms with Crippen LogP contribution in [0.2, 0.25) is 0 Å². The summed E-state index contributed by atoms with van der Waals surface area (Å²) in [7, 11) is 0. The first kappa shape index (κ1) is 13.9. The third kappa shape index (κ3) is 7.30. The van der Waals surface area contributed by atoms with E-state index in [9.17, 15) is 0 Å². The zero-order chi connectivity index (χ0) is 11.0. The van der Waals surface area contributed by atoms with Crippen LogP contribution < -0.4 is 5.32 Å². The predicted octanol–water partition coefficient (Wildman–Crippen LogP) is 1.82. The molecule has 0 bridgehead atoms. The average Bonchev–Trinajstić information content (AvgIpc) is 2.11. The van der Waals surface area contributed by atoms with Crippen LogP contribution in [0.1, 0.15) is 34.6 Å². The second-order valence-electron chi connectivity index (χ2n) is 4.13. The smallest absolute Gasteiger partial charge is 0.0750 e. The Morgan fingerprint density at radius 3 is 2.36 bits per heavy atom. The second kappa shape index (κ2) is 7.21. The lowest BCUT2D eigenvalue weighted by Gasteiger charge is -2.27. The van der Waals surface area contributed by atoms with Crippen molar-refractivity contribution in [3.63, 3.8) is 0 Å². The van der Waals surface area contributed by atoms with Crippen LogP contribution in [0, 0.1) is 0 Å². The molecule has 0 aromatic heterocycles. The Bertz CT molecular complexity index is 137. The summed E-state index contributed by atoms with van der Waals surface area (Å²) in [6.07, 6.45) is 0. The SMILES string of the molecule is CCOCC(C)NCC(C)(C)OCC. The maximum atomic E-state index is 5.58. The molecule has 0 saturated carbocycles. The van der Waals surface area contributed by atoms with Gasteiger partial charge in [-0.2, -0.15) is 0 Å². The molecule has 0 spiro atoms. The van der Waals surface area contributed by atoms with Gasteiger partial charge in [-0.25, -0.2) is 0 Å². The number of nitrogens with one attached hydrogen (secondary N) is 1. The van der Waals surface area contributed by atoms with Crippen LogP contribution in [0.25, 0.3) is 0 Å². The van der Waals surface area contributed by atoms with Gasteiger partial charge in [0.25, 0.3) is 0 Å². The summed E-state index contributed by atoms with van der Waals surface area (Å²) in [5.41, 5.74) is -0.0881. The van der Waals surface area contributed by atoms with E-state index in [4.69, 9.17) is 9.47 Å². The largest absolute Gasteiger partial charge is 0.380 e.